The van der Waals surface area contributed by atoms with Crippen molar-refractivity contribution >= 4 is 21.6 Å². The summed E-state index contributed by atoms with van der Waals surface area (Å²) >= 11 is 0. The Morgan fingerprint density at radius 1 is 0.967 bits per heavy atom. The van der Waals surface area contributed by atoms with Gasteiger partial charge in [0.2, 0.25) is 15.9 Å². The first kappa shape index (κ1) is 24.1. The predicted molar refractivity (Wildman–Crippen MR) is 122 cm³/mol. The van der Waals surface area contributed by atoms with E-state index < -0.39 is 10.0 Å². The number of carbonyl (C=O) groups excluding carboxylic acids is 1. The van der Waals surface area contributed by atoms with Gasteiger partial charge in [-0.15, -0.1) is 0 Å². The average Bonchev–Trinajstić information content (AvgIpc) is 2.73. The van der Waals surface area contributed by atoms with E-state index in [0.717, 1.165) is 16.8 Å². The summed E-state index contributed by atoms with van der Waals surface area (Å²) in [5.74, 6) is 0.204. The maximum Gasteiger partial charge on any atom is 0.243 e. The lowest BCUT2D eigenvalue weighted by atomic mass is 10.0. The van der Waals surface area contributed by atoms with Crippen molar-refractivity contribution in [2.75, 3.05) is 25.0 Å². The lowest BCUT2D eigenvalue weighted by Gasteiger charge is -2.19. The van der Waals surface area contributed by atoms with E-state index in [1.807, 2.05) is 45.0 Å². The molecule has 2 N–H and O–H groups in total. The number of benzene rings is 2. The molecule has 164 valence electrons. The molecule has 2 aromatic carbocycles. The Morgan fingerprint density at radius 3 is 2.13 bits per heavy atom. The molecule has 0 aliphatic carbocycles. The van der Waals surface area contributed by atoms with Crippen LogP contribution in [0.2, 0.25) is 0 Å². The molecule has 2 aromatic rings. The van der Waals surface area contributed by atoms with Crippen molar-refractivity contribution in [3.63, 3.8) is 0 Å². The Bertz CT molecular complexity index is 936. The number of anilines is 1. The Balaban J connectivity index is 1.98. The molecule has 0 aliphatic heterocycles. The first-order chi connectivity index (χ1) is 14.2. The fraction of sp³-hybridized carbons (Fsp3) is 0.435. The minimum atomic E-state index is -3.47. The summed E-state index contributed by atoms with van der Waals surface area (Å²) in [6.45, 7) is 10.8. The third-order valence-electron chi connectivity index (χ3n) is 5.15. The van der Waals surface area contributed by atoms with Crippen LogP contribution in [0.5, 0.6) is 0 Å². The van der Waals surface area contributed by atoms with Gasteiger partial charge in [-0.1, -0.05) is 58.0 Å². The van der Waals surface area contributed by atoms with Gasteiger partial charge in [0.15, 0.2) is 0 Å². The van der Waals surface area contributed by atoms with Gasteiger partial charge in [-0.25, -0.2) is 8.42 Å². The molecule has 0 radical (unpaired) electrons. The molecule has 2 rings (SSSR count). The molecule has 0 aromatic heterocycles. The molecule has 0 spiro atoms. The van der Waals surface area contributed by atoms with E-state index in [1.165, 1.54) is 4.31 Å². The molecule has 0 fully saturated rings. The van der Waals surface area contributed by atoms with Gasteiger partial charge in [-0.3, -0.25) is 4.79 Å². The summed E-state index contributed by atoms with van der Waals surface area (Å²) in [4.78, 5) is 12.7. The van der Waals surface area contributed by atoms with E-state index in [0.29, 0.717) is 19.0 Å². The second-order valence-electron chi connectivity index (χ2n) is 7.55. The Labute approximate surface area is 180 Å². The van der Waals surface area contributed by atoms with Crippen LogP contribution in [0.3, 0.4) is 0 Å². The largest absolute Gasteiger partial charge is 0.325 e. The molecule has 0 saturated heterocycles. The Kier molecular flexibility index (Phi) is 8.58. The van der Waals surface area contributed by atoms with Crippen molar-refractivity contribution in [2.24, 2.45) is 0 Å². The van der Waals surface area contributed by atoms with Gasteiger partial charge >= 0.3 is 0 Å². The summed E-state index contributed by atoms with van der Waals surface area (Å²) in [6.07, 6.45) is 0. The second-order valence-corrected chi connectivity index (χ2v) is 9.49. The highest BCUT2D eigenvalue weighted by molar-refractivity contribution is 7.89. The molecule has 0 bridgehead atoms. The molecular weight excluding hydrogens is 398 g/mol. The van der Waals surface area contributed by atoms with Crippen LogP contribution in [0.15, 0.2) is 53.4 Å². The van der Waals surface area contributed by atoms with Crippen molar-refractivity contribution in [3.05, 3.63) is 59.7 Å². The maximum atomic E-state index is 12.6. The minimum absolute atomic E-state index is 0.0960. The lowest BCUT2D eigenvalue weighted by molar-refractivity contribution is -0.115. The van der Waals surface area contributed by atoms with Gasteiger partial charge in [0.1, 0.15) is 0 Å². The van der Waals surface area contributed by atoms with E-state index in [9.17, 15) is 13.2 Å². The zero-order chi connectivity index (χ0) is 22.3. The maximum absolute atomic E-state index is 12.6. The van der Waals surface area contributed by atoms with Crippen LogP contribution in [0.25, 0.3) is 0 Å². The van der Waals surface area contributed by atoms with Gasteiger partial charge < -0.3 is 10.6 Å². The molecular formula is C23H33N3O3S. The monoisotopic (exact) mass is 431 g/mol. The number of nitrogens with one attached hydrogen (secondary N) is 2. The summed E-state index contributed by atoms with van der Waals surface area (Å²) in [7, 11) is -3.47. The number of hydrogen-bond donors (Lipinski definition) is 2. The van der Waals surface area contributed by atoms with Gasteiger partial charge in [-0.05, 0) is 42.2 Å². The third-order valence-corrected chi connectivity index (χ3v) is 7.21. The number of sulfonamides is 1. The highest BCUT2D eigenvalue weighted by Crippen LogP contribution is 2.23. The molecule has 6 nitrogen and oxygen atoms in total. The standard InChI is InChI=1S/C23H33N3O3S/c1-6-26(7-2)30(28,29)20-14-12-19(13-15-20)18(5)24-16-23(27)25-22-11-9-8-10-21(22)17(3)4/h8-15,17-18,24H,6-7,16H2,1-5H3,(H,25,27)/t18-/m1/s1. The number of rotatable bonds is 10. The number of carbonyl (C=O) groups is 1. The highest BCUT2D eigenvalue weighted by Gasteiger charge is 2.21. The molecule has 30 heavy (non-hydrogen) atoms. The van der Waals surface area contributed by atoms with Gasteiger partial charge in [0.05, 0.1) is 11.4 Å². The van der Waals surface area contributed by atoms with E-state index in [4.69, 9.17) is 0 Å². The summed E-state index contributed by atoms with van der Waals surface area (Å²) in [5, 5.41) is 6.17. The lowest BCUT2D eigenvalue weighted by Crippen LogP contribution is -2.31. The van der Waals surface area contributed by atoms with E-state index in [-0.39, 0.29) is 23.4 Å². The summed E-state index contributed by atoms with van der Waals surface area (Å²) in [5.41, 5.74) is 2.85. The van der Waals surface area contributed by atoms with Crippen LogP contribution in [-0.2, 0) is 14.8 Å². The Hall–Kier alpha value is -2.22. The van der Waals surface area contributed by atoms with Crippen molar-refractivity contribution in [1.82, 2.24) is 9.62 Å². The van der Waals surface area contributed by atoms with Crippen molar-refractivity contribution in [1.29, 1.82) is 0 Å². The van der Waals surface area contributed by atoms with Gasteiger partial charge in [-0.2, -0.15) is 4.31 Å². The number of nitrogens with zero attached hydrogens (tertiary/aromatic N) is 1. The van der Waals surface area contributed by atoms with Crippen LogP contribution < -0.4 is 10.6 Å². The summed E-state index contributed by atoms with van der Waals surface area (Å²) in [6, 6.07) is 14.5. The number of para-hydroxylation sites is 1. The zero-order valence-electron chi connectivity index (χ0n) is 18.5. The second kappa shape index (κ2) is 10.7. The quantitative estimate of drug-likeness (QED) is 0.593. The summed E-state index contributed by atoms with van der Waals surface area (Å²) < 4.78 is 26.6. The zero-order valence-corrected chi connectivity index (χ0v) is 19.3. The van der Waals surface area contributed by atoms with Crippen LogP contribution in [0, 0.1) is 0 Å². The molecule has 0 heterocycles. The van der Waals surface area contributed by atoms with E-state index in [1.54, 1.807) is 24.3 Å². The molecule has 0 aliphatic rings. The van der Waals surface area contributed by atoms with Crippen LogP contribution in [-0.4, -0.2) is 38.3 Å². The molecule has 0 unspecified atom stereocenters. The fourth-order valence-electron chi connectivity index (χ4n) is 3.31. The number of amides is 1. The topological polar surface area (TPSA) is 78.5 Å². The third kappa shape index (κ3) is 5.90. The molecule has 0 saturated carbocycles. The SMILES string of the molecule is CCN(CC)S(=O)(=O)c1ccc([C@@H](C)NCC(=O)Nc2ccccc2C(C)C)cc1. The smallest absolute Gasteiger partial charge is 0.243 e. The normalized spacial score (nSPS) is 12.9. The highest BCUT2D eigenvalue weighted by atomic mass is 32.2. The molecule has 1 amide bonds. The number of hydrogen-bond acceptors (Lipinski definition) is 4. The van der Waals surface area contributed by atoms with Crippen molar-refractivity contribution in [2.45, 2.75) is 51.5 Å². The predicted octanol–water partition coefficient (Wildman–Crippen LogP) is 4.13. The molecule has 1 atom stereocenters. The van der Waals surface area contributed by atoms with Crippen molar-refractivity contribution < 1.29 is 13.2 Å². The average molecular weight is 432 g/mol. The Morgan fingerprint density at radius 2 is 1.57 bits per heavy atom. The van der Waals surface area contributed by atoms with Crippen LogP contribution in [0.1, 0.15) is 57.7 Å². The van der Waals surface area contributed by atoms with Crippen LogP contribution >= 0.6 is 0 Å². The molecule has 7 heteroatoms. The van der Waals surface area contributed by atoms with Crippen molar-refractivity contribution in [3.8, 4) is 0 Å². The first-order valence-corrected chi connectivity index (χ1v) is 11.9. The van der Waals surface area contributed by atoms with Crippen LogP contribution in [0.4, 0.5) is 5.69 Å². The van der Waals surface area contributed by atoms with Gasteiger partial charge in [0, 0.05) is 24.8 Å². The minimum Gasteiger partial charge on any atom is -0.325 e. The fourth-order valence-corrected chi connectivity index (χ4v) is 4.77. The van der Waals surface area contributed by atoms with E-state index in [2.05, 4.69) is 24.5 Å². The van der Waals surface area contributed by atoms with Gasteiger partial charge in [0.25, 0.3) is 0 Å². The van der Waals surface area contributed by atoms with E-state index >= 15 is 0 Å². The first-order valence-electron chi connectivity index (χ1n) is 10.4.